The number of hydrogen-bond donors (Lipinski definition) is 0. The van der Waals surface area contributed by atoms with E-state index in [0.717, 1.165) is 6.20 Å². The SMILES string of the molecule is Cc1nc(Br)ncc1C(F)F. The first-order chi connectivity index (χ1) is 5.11. The van der Waals surface area contributed by atoms with Crippen molar-refractivity contribution in [3.05, 3.63) is 22.2 Å². The van der Waals surface area contributed by atoms with Crippen molar-refractivity contribution >= 4 is 15.9 Å². The molecule has 1 heterocycles. The van der Waals surface area contributed by atoms with Gasteiger partial charge in [-0.25, -0.2) is 18.7 Å². The Balaban J connectivity index is 3.09. The second kappa shape index (κ2) is 3.21. The van der Waals surface area contributed by atoms with Gasteiger partial charge >= 0.3 is 0 Å². The van der Waals surface area contributed by atoms with Gasteiger partial charge < -0.3 is 0 Å². The molecule has 0 saturated heterocycles. The van der Waals surface area contributed by atoms with Crippen LogP contribution in [0.4, 0.5) is 8.78 Å². The molecule has 11 heavy (non-hydrogen) atoms. The lowest BCUT2D eigenvalue weighted by molar-refractivity contribution is 0.149. The summed E-state index contributed by atoms with van der Waals surface area (Å²) in [6.07, 6.45) is -1.38. The third kappa shape index (κ3) is 1.92. The van der Waals surface area contributed by atoms with Crippen molar-refractivity contribution in [2.24, 2.45) is 0 Å². The van der Waals surface area contributed by atoms with Crippen molar-refractivity contribution in [2.75, 3.05) is 0 Å². The summed E-state index contributed by atoms with van der Waals surface area (Å²) >= 11 is 2.98. The zero-order valence-corrected chi connectivity index (χ0v) is 7.27. The summed E-state index contributed by atoms with van der Waals surface area (Å²) in [7, 11) is 0. The number of rotatable bonds is 1. The Labute approximate surface area is 70.8 Å². The third-order valence-corrected chi connectivity index (χ3v) is 1.61. The quantitative estimate of drug-likeness (QED) is 0.683. The van der Waals surface area contributed by atoms with Gasteiger partial charge in [0.15, 0.2) is 4.73 Å². The second-order valence-corrected chi connectivity index (χ2v) is 2.69. The summed E-state index contributed by atoms with van der Waals surface area (Å²) in [6.45, 7) is 1.52. The zero-order chi connectivity index (χ0) is 8.43. The van der Waals surface area contributed by atoms with E-state index in [1.54, 1.807) is 0 Å². The molecule has 0 atom stereocenters. The van der Waals surface area contributed by atoms with Crippen molar-refractivity contribution in [3.63, 3.8) is 0 Å². The average Bonchev–Trinajstić information content (AvgIpc) is 1.85. The zero-order valence-electron chi connectivity index (χ0n) is 5.68. The molecule has 1 aromatic rings. The number of hydrogen-bond acceptors (Lipinski definition) is 2. The van der Waals surface area contributed by atoms with Crippen LogP contribution in [0.5, 0.6) is 0 Å². The van der Waals surface area contributed by atoms with Crippen molar-refractivity contribution in [2.45, 2.75) is 13.3 Å². The topological polar surface area (TPSA) is 25.8 Å². The van der Waals surface area contributed by atoms with Gasteiger partial charge in [-0.05, 0) is 22.9 Å². The first kappa shape index (κ1) is 8.52. The molecule has 0 fully saturated rings. The smallest absolute Gasteiger partial charge is 0.230 e. The first-order valence-electron chi connectivity index (χ1n) is 2.88. The van der Waals surface area contributed by atoms with Crippen LogP contribution in [0.2, 0.25) is 0 Å². The maximum Gasteiger partial charge on any atom is 0.267 e. The number of halogens is 3. The van der Waals surface area contributed by atoms with Crippen LogP contribution >= 0.6 is 15.9 Å². The van der Waals surface area contributed by atoms with Crippen molar-refractivity contribution in [3.8, 4) is 0 Å². The molecule has 0 bridgehead atoms. The summed E-state index contributed by atoms with van der Waals surface area (Å²) in [6, 6.07) is 0. The lowest BCUT2D eigenvalue weighted by Crippen LogP contribution is -1.95. The summed E-state index contributed by atoms with van der Waals surface area (Å²) in [5, 5.41) is 0. The minimum Gasteiger partial charge on any atom is -0.230 e. The molecule has 0 aromatic carbocycles. The van der Waals surface area contributed by atoms with Gasteiger partial charge in [-0.1, -0.05) is 0 Å². The molecule has 2 nitrogen and oxygen atoms in total. The van der Waals surface area contributed by atoms with E-state index in [1.165, 1.54) is 6.92 Å². The highest BCUT2D eigenvalue weighted by molar-refractivity contribution is 9.10. The lowest BCUT2D eigenvalue weighted by atomic mass is 10.2. The van der Waals surface area contributed by atoms with Crippen molar-refractivity contribution in [1.82, 2.24) is 9.97 Å². The normalized spacial score (nSPS) is 10.6. The molecule has 0 spiro atoms. The highest BCUT2D eigenvalue weighted by Crippen LogP contribution is 2.20. The summed E-state index contributed by atoms with van der Waals surface area (Å²) < 4.78 is 24.5. The fourth-order valence-electron chi connectivity index (χ4n) is 0.662. The molecular weight excluding hydrogens is 218 g/mol. The number of aryl methyl sites for hydroxylation is 1. The first-order valence-corrected chi connectivity index (χ1v) is 3.67. The number of aromatic nitrogens is 2. The summed E-state index contributed by atoms with van der Waals surface area (Å²) in [5.41, 5.74) is 0.190. The molecular formula is C6H5BrF2N2. The van der Waals surface area contributed by atoms with E-state index >= 15 is 0 Å². The summed E-state index contributed by atoms with van der Waals surface area (Å²) in [5.74, 6) is 0. The van der Waals surface area contributed by atoms with Crippen LogP contribution in [0, 0.1) is 6.92 Å². The average molecular weight is 223 g/mol. The summed E-state index contributed by atoms with van der Waals surface area (Å²) in [4.78, 5) is 7.31. The van der Waals surface area contributed by atoms with Crippen LogP contribution in [0.15, 0.2) is 10.9 Å². The minimum absolute atomic E-state index is 0.117. The Bertz CT molecular complexity index is 265. The minimum atomic E-state index is -2.50. The lowest BCUT2D eigenvalue weighted by Gasteiger charge is -2.01. The molecule has 1 aromatic heterocycles. The molecule has 0 radical (unpaired) electrons. The van der Waals surface area contributed by atoms with Crippen LogP contribution in [0.25, 0.3) is 0 Å². The van der Waals surface area contributed by atoms with Crippen LogP contribution in [-0.2, 0) is 0 Å². The molecule has 0 amide bonds. The van der Waals surface area contributed by atoms with Crippen LogP contribution in [0.1, 0.15) is 17.7 Å². The molecule has 5 heteroatoms. The van der Waals surface area contributed by atoms with Gasteiger partial charge in [0.1, 0.15) is 0 Å². The maximum atomic E-state index is 12.1. The largest absolute Gasteiger partial charge is 0.267 e. The van der Waals surface area contributed by atoms with Crippen molar-refractivity contribution in [1.29, 1.82) is 0 Å². The van der Waals surface area contributed by atoms with Gasteiger partial charge in [0.25, 0.3) is 6.43 Å². The molecule has 0 unspecified atom stereocenters. The predicted octanol–water partition coefficient (Wildman–Crippen LogP) is 2.49. The molecule has 0 N–H and O–H groups in total. The fourth-order valence-corrected chi connectivity index (χ4v) is 1.03. The fraction of sp³-hybridized carbons (Fsp3) is 0.333. The molecule has 0 aliphatic carbocycles. The van der Waals surface area contributed by atoms with Gasteiger partial charge in [0, 0.05) is 6.20 Å². The highest BCUT2D eigenvalue weighted by Gasteiger charge is 2.11. The van der Waals surface area contributed by atoms with E-state index < -0.39 is 6.43 Å². The van der Waals surface area contributed by atoms with Crippen LogP contribution in [-0.4, -0.2) is 9.97 Å². The molecule has 0 aliphatic rings. The Morgan fingerprint density at radius 1 is 1.55 bits per heavy atom. The third-order valence-electron chi connectivity index (χ3n) is 1.22. The van der Waals surface area contributed by atoms with Gasteiger partial charge in [-0.15, -0.1) is 0 Å². The van der Waals surface area contributed by atoms with E-state index in [1.807, 2.05) is 0 Å². The second-order valence-electron chi connectivity index (χ2n) is 1.98. The van der Waals surface area contributed by atoms with Gasteiger partial charge in [0.2, 0.25) is 0 Å². The van der Waals surface area contributed by atoms with Crippen LogP contribution in [0.3, 0.4) is 0 Å². The van der Waals surface area contributed by atoms with Gasteiger partial charge in [-0.3, -0.25) is 0 Å². The van der Waals surface area contributed by atoms with E-state index in [0.29, 0.717) is 10.4 Å². The Hall–Kier alpha value is -0.580. The Morgan fingerprint density at radius 2 is 2.18 bits per heavy atom. The monoisotopic (exact) mass is 222 g/mol. The molecule has 0 saturated carbocycles. The van der Waals surface area contributed by atoms with E-state index in [9.17, 15) is 8.78 Å². The number of alkyl halides is 2. The highest BCUT2D eigenvalue weighted by atomic mass is 79.9. The van der Waals surface area contributed by atoms with Gasteiger partial charge in [-0.2, -0.15) is 0 Å². The molecule has 1 rings (SSSR count). The van der Waals surface area contributed by atoms with E-state index in [2.05, 4.69) is 25.9 Å². The number of nitrogens with zero attached hydrogens (tertiary/aromatic N) is 2. The maximum absolute atomic E-state index is 12.1. The van der Waals surface area contributed by atoms with E-state index in [-0.39, 0.29) is 5.56 Å². The Morgan fingerprint density at radius 3 is 2.64 bits per heavy atom. The van der Waals surface area contributed by atoms with Gasteiger partial charge in [0.05, 0.1) is 11.3 Å². The standard InChI is InChI=1S/C6H5BrF2N2/c1-3-4(5(8)9)2-10-6(7)11-3/h2,5H,1H3. The molecule has 0 aliphatic heterocycles. The molecule has 60 valence electrons. The van der Waals surface area contributed by atoms with Crippen LogP contribution < -0.4 is 0 Å². The predicted molar refractivity (Wildman–Crippen MR) is 39.4 cm³/mol. The van der Waals surface area contributed by atoms with Crippen molar-refractivity contribution < 1.29 is 8.78 Å². The Kier molecular flexibility index (Phi) is 2.49. The van der Waals surface area contributed by atoms with E-state index in [4.69, 9.17) is 0 Å².